The lowest BCUT2D eigenvalue weighted by Crippen LogP contribution is -2.31. The molecule has 1 N–H and O–H groups in total. The van der Waals surface area contributed by atoms with Gasteiger partial charge in [-0.2, -0.15) is 0 Å². The van der Waals surface area contributed by atoms with E-state index < -0.39 is 6.10 Å². The molecule has 2 rings (SSSR count). The lowest BCUT2D eigenvalue weighted by molar-refractivity contribution is 0.0135. The maximum atomic E-state index is 12.8. The second-order valence-corrected chi connectivity index (χ2v) is 6.10. The fourth-order valence-electron chi connectivity index (χ4n) is 2.07. The van der Waals surface area contributed by atoms with Crippen LogP contribution in [0.25, 0.3) is 0 Å². The maximum absolute atomic E-state index is 12.8. The number of benzene rings is 1. The first-order chi connectivity index (χ1) is 10.1. The van der Waals surface area contributed by atoms with Gasteiger partial charge in [-0.1, -0.05) is 18.2 Å². The molecule has 114 valence electrons. The third-order valence-electron chi connectivity index (χ3n) is 3.02. The Labute approximate surface area is 128 Å². The van der Waals surface area contributed by atoms with E-state index in [9.17, 15) is 9.50 Å². The minimum absolute atomic E-state index is 0.233. The summed E-state index contributed by atoms with van der Waals surface area (Å²) in [6.45, 7) is 2.03. The van der Waals surface area contributed by atoms with Crippen molar-refractivity contribution < 1.29 is 14.2 Å². The molecule has 0 radical (unpaired) electrons. The highest BCUT2D eigenvalue weighted by Crippen LogP contribution is 2.10. The van der Waals surface area contributed by atoms with Gasteiger partial charge in [0.1, 0.15) is 5.82 Å². The van der Waals surface area contributed by atoms with E-state index in [1.54, 1.807) is 23.5 Å². The van der Waals surface area contributed by atoms with E-state index in [4.69, 9.17) is 4.74 Å². The topological polar surface area (TPSA) is 32.7 Å². The van der Waals surface area contributed by atoms with Crippen molar-refractivity contribution in [3.63, 3.8) is 0 Å². The van der Waals surface area contributed by atoms with Crippen LogP contribution in [-0.2, 0) is 17.9 Å². The minimum Gasteiger partial charge on any atom is -0.389 e. The first kappa shape index (κ1) is 16.1. The number of halogens is 1. The molecule has 5 heteroatoms. The zero-order valence-electron chi connectivity index (χ0n) is 12.0. The highest BCUT2D eigenvalue weighted by molar-refractivity contribution is 7.09. The first-order valence-electron chi connectivity index (χ1n) is 6.84. The SMILES string of the molecule is CN(Cc1ccc(F)cc1)C[C@@H](O)COCc1cccs1. The van der Waals surface area contributed by atoms with Gasteiger partial charge in [-0.15, -0.1) is 11.3 Å². The van der Waals surface area contributed by atoms with Gasteiger partial charge in [-0.3, -0.25) is 4.90 Å². The molecule has 0 aliphatic rings. The maximum Gasteiger partial charge on any atom is 0.123 e. The average molecular weight is 309 g/mol. The molecule has 1 heterocycles. The van der Waals surface area contributed by atoms with Crippen molar-refractivity contribution in [2.24, 2.45) is 0 Å². The van der Waals surface area contributed by atoms with Gasteiger partial charge in [0, 0.05) is 18.0 Å². The van der Waals surface area contributed by atoms with Gasteiger partial charge in [-0.05, 0) is 36.2 Å². The van der Waals surface area contributed by atoms with Crippen LogP contribution in [0.15, 0.2) is 41.8 Å². The van der Waals surface area contributed by atoms with Gasteiger partial charge in [0.2, 0.25) is 0 Å². The summed E-state index contributed by atoms with van der Waals surface area (Å²) >= 11 is 1.64. The van der Waals surface area contributed by atoms with E-state index in [2.05, 4.69) is 0 Å². The highest BCUT2D eigenvalue weighted by Gasteiger charge is 2.09. The van der Waals surface area contributed by atoms with Crippen LogP contribution in [0.4, 0.5) is 4.39 Å². The molecule has 1 atom stereocenters. The molecule has 0 saturated heterocycles. The van der Waals surface area contributed by atoms with Gasteiger partial charge in [-0.25, -0.2) is 4.39 Å². The van der Waals surface area contributed by atoms with E-state index in [1.807, 2.05) is 29.5 Å². The molecular weight excluding hydrogens is 289 g/mol. The molecule has 21 heavy (non-hydrogen) atoms. The Hall–Kier alpha value is -1.27. The summed E-state index contributed by atoms with van der Waals surface area (Å²) in [7, 11) is 1.92. The van der Waals surface area contributed by atoms with Crippen molar-refractivity contribution in [2.45, 2.75) is 19.3 Å². The molecule has 0 spiro atoms. The minimum atomic E-state index is -0.532. The lowest BCUT2D eigenvalue weighted by atomic mass is 10.2. The Morgan fingerprint density at radius 3 is 2.71 bits per heavy atom. The Kier molecular flexibility index (Phi) is 6.32. The third kappa shape index (κ3) is 5.93. The lowest BCUT2D eigenvalue weighted by Gasteiger charge is -2.20. The third-order valence-corrected chi connectivity index (χ3v) is 3.87. The Morgan fingerprint density at radius 2 is 2.05 bits per heavy atom. The normalized spacial score (nSPS) is 12.8. The Balaban J connectivity index is 1.66. The van der Waals surface area contributed by atoms with Crippen LogP contribution < -0.4 is 0 Å². The molecule has 0 amide bonds. The van der Waals surface area contributed by atoms with Crippen LogP contribution >= 0.6 is 11.3 Å². The summed E-state index contributed by atoms with van der Waals surface area (Å²) in [6, 6.07) is 10.4. The molecule has 1 aromatic heterocycles. The summed E-state index contributed by atoms with van der Waals surface area (Å²) in [6.07, 6.45) is -0.532. The molecule has 0 bridgehead atoms. The first-order valence-corrected chi connectivity index (χ1v) is 7.72. The van der Waals surface area contributed by atoms with E-state index in [0.29, 0.717) is 26.3 Å². The van der Waals surface area contributed by atoms with Crippen molar-refractivity contribution >= 4 is 11.3 Å². The molecule has 0 aliphatic heterocycles. The van der Waals surface area contributed by atoms with Crippen LogP contribution in [-0.4, -0.2) is 36.3 Å². The van der Waals surface area contributed by atoms with E-state index in [-0.39, 0.29) is 5.82 Å². The molecule has 2 aromatic rings. The number of hydrogen-bond acceptors (Lipinski definition) is 4. The van der Waals surface area contributed by atoms with Crippen LogP contribution in [0.3, 0.4) is 0 Å². The molecule has 0 unspecified atom stereocenters. The van der Waals surface area contributed by atoms with E-state index >= 15 is 0 Å². The van der Waals surface area contributed by atoms with Crippen molar-refractivity contribution in [3.05, 3.63) is 58.0 Å². The summed E-state index contributed by atoms with van der Waals surface area (Å²) in [5.74, 6) is -0.233. The zero-order chi connectivity index (χ0) is 15.1. The number of aliphatic hydroxyl groups is 1. The summed E-state index contributed by atoms with van der Waals surface area (Å²) in [5, 5.41) is 12.0. The van der Waals surface area contributed by atoms with E-state index in [1.165, 1.54) is 12.1 Å². The summed E-state index contributed by atoms with van der Waals surface area (Å²) in [5.41, 5.74) is 1.02. The molecule has 0 fully saturated rings. The average Bonchev–Trinajstić information content (AvgIpc) is 2.94. The largest absolute Gasteiger partial charge is 0.389 e. The number of likely N-dealkylation sites (N-methyl/N-ethyl adjacent to an activating group) is 1. The van der Waals surface area contributed by atoms with Crippen LogP contribution in [0.1, 0.15) is 10.4 Å². The number of ether oxygens (including phenoxy) is 1. The van der Waals surface area contributed by atoms with Gasteiger partial charge in [0.15, 0.2) is 0 Å². The fourth-order valence-corrected chi connectivity index (χ4v) is 2.71. The number of nitrogens with zero attached hydrogens (tertiary/aromatic N) is 1. The quantitative estimate of drug-likeness (QED) is 0.814. The van der Waals surface area contributed by atoms with Crippen molar-refractivity contribution in [1.29, 1.82) is 0 Å². The van der Waals surface area contributed by atoms with Crippen molar-refractivity contribution in [1.82, 2.24) is 4.90 Å². The molecule has 0 saturated carbocycles. The second kappa shape index (κ2) is 8.24. The molecule has 1 aromatic carbocycles. The monoisotopic (exact) mass is 309 g/mol. The number of thiophene rings is 1. The number of aliphatic hydroxyl groups excluding tert-OH is 1. The van der Waals surface area contributed by atoms with E-state index in [0.717, 1.165) is 10.4 Å². The van der Waals surface area contributed by atoms with Crippen molar-refractivity contribution in [3.8, 4) is 0 Å². The molecular formula is C16H20FNO2S. The zero-order valence-corrected chi connectivity index (χ0v) is 12.9. The Bertz CT molecular complexity index is 516. The summed E-state index contributed by atoms with van der Waals surface area (Å²) in [4.78, 5) is 3.15. The Morgan fingerprint density at radius 1 is 1.29 bits per heavy atom. The van der Waals surface area contributed by atoms with Crippen LogP contribution in [0, 0.1) is 5.82 Å². The van der Waals surface area contributed by atoms with Gasteiger partial charge >= 0.3 is 0 Å². The summed E-state index contributed by atoms with van der Waals surface area (Å²) < 4.78 is 18.3. The fraction of sp³-hybridized carbons (Fsp3) is 0.375. The van der Waals surface area contributed by atoms with Gasteiger partial charge in [0.25, 0.3) is 0 Å². The standard InChI is InChI=1S/C16H20FNO2S/c1-18(9-13-4-6-14(17)7-5-13)10-15(19)11-20-12-16-3-2-8-21-16/h2-8,15,19H,9-12H2,1H3/t15-/m1/s1. The number of hydrogen-bond donors (Lipinski definition) is 1. The van der Waals surface area contributed by atoms with Crippen LogP contribution in [0.5, 0.6) is 0 Å². The number of rotatable bonds is 8. The predicted molar refractivity (Wildman–Crippen MR) is 82.7 cm³/mol. The van der Waals surface area contributed by atoms with Crippen molar-refractivity contribution in [2.75, 3.05) is 20.2 Å². The highest BCUT2D eigenvalue weighted by atomic mass is 32.1. The smallest absolute Gasteiger partial charge is 0.123 e. The molecule has 3 nitrogen and oxygen atoms in total. The second-order valence-electron chi connectivity index (χ2n) is 5.07. The predicted octanol–water partition coefficient (Wildman–Crippen LogP) is 2.90. The van der Waals surface area contributed by atoms with Crippen LogP contribution in [0.2, 0.25) is 0 Å². The van der Waals surface area contributed by atoms with Gasteiger partial charge < -0.3 is 9.84 Å². The van der Waals surface area contributed by atoms with Gasteiger partial charge in [0.05, 0.1) is 19.3 Å². The molecule has 0 aliphatic carbocycles.